The zero-order valence-electron chi connectivity index (χ0n) is 10.2. The Bertz CT molecular complexity index is 231. The minimum Gasteiger partial charge on any atom is -0.481 e. The molecule has 0 spiro atoms. The van der Waals surface area contributed by atoms with Gasteiger partial charge in [-0.1, -0.05) is 6.92 Å². The second-order valence-corrected chi connectivity index (χ2v) is 4.09. The van der Waals surface area contributed by atoms with E-state index in [-0.39, 0.29) is 24.9 Å². The van der Waals surface area contributed by atoms with Gasteiger partial charge >= 0.3 is 5.97 Å². The highest BCUT2D eigenvalue weighted by molar-refractivity contribution is 5.78. The summed E-state index contributed by atoms with van der Waals surface area (Å²) in [5.41, 5.74) is 0. The van der Waals surface area contributed by atoms with E-state index in [9.17, 15) is 9.59 Å². The molecular formula is C11H22N2O3. The number of aliphatic carboxylic acids is 1. The molecule has 5 heteroatoms. The van der Waals surface area contributed by atoms with Crippen molar-refractivity contribution in [3.8, 4) is 0 Å². The van der Waals surface area contributed by atoms with Crippen molar-refractivity contribution >= 4 is 11.9 Å². The van der Waals surface area contributed by atoms with Crippen molar-refractivity contribution in [2.75, 3.05) is 6.54 Å². The Hall–Kier alpha value is -1.10. The van der Waals surface area contributed by atoms with Gasteiger partial charge < -0.3 is 15.7 Å². The highest BCUT2D eigenvalue weighted by atomic mass is 16.4. The van der Waals surface area contributed by atoms with E-state index in [0.717, 1.165) is 6.42 Å². The van der Waals surface area contributed by atoms with Crippen LogP contribution in [0.25, 0.3) is 0 Å². The fraction of sp³-hybridized carbons (Fsp3) is 0.818. The summed E-state index contributed by atoms with van der Waals surface area (Å²) in [6.45, 7) is 6.16. The first-order valence-corrected chi connectivity index (χ1v) is 5.70. The zero-order chi connectivity index (χ0) is 12.6. The lowest BCUT2D eigenvalue weighted by Gasteiger charge is -2.15. The third kappa shape index (κ3) is 8.23. The smallest absolute Gasteiger partial charge is 0.303 e. The Morgan fingerprint density at radius 2 is 1.88 bits per heavy atom. The topological polar surface area (TPSA) is 78.4 Å². The fourth-order valence-corrected chi connectivity index (χ4v) is 1.15. The van der Waals surface area contributed by atoms with Gasteiger partial charge in [-0.15, -0.1) is 0 Å². The van der Waals surface area contributed by atoms with Crippen LogP contribution < -0.4 is 10.6 Å². The number of carbonyl (C=O) groups excluding carboxylic acids is 1. The van der Waals surface area contributed by atoms with Crippen molar-refractivity contribution in [2.24, 2.45) is 0 Å². The molecule has 0 heterocycles. The molecule has 16 heavy (non-hydrogen) atoms. The van der Waals surface area contributed by atoms with Gasteiger partial charge in [0.05, 0.1) is 6.54 Å². The molecule has 0 aromatic carbocycles. The first-order chi connectivity index (χ1) is 7.45. The van der Waals surface area contributed by atoms with Gasteiger partial charge in [0.2, 0.25) is 5.91 Å². The molecule has 1 amide bonds. The van der Waals surface area contributed by atoms with Gasteiger partial charge in [-0.05, 0) is 26.7 Å². The molecule has 2 atom stereocenters. The summed E-state index contributed by atoms with van der Waals surface area (Å²) in [4.78, 5) is 21.7. The van der Waals surface area contributed by atoms with E-state index in [1.807, 2.05) is 20.8 Å². The van der Waals surface area contributed by atoms with Crippen LogP contribution in [0.3, 0.4) is 0 Å². The summed E-state index contributed by atoms with van der Waals surface area (Å²) in [6, 6.07) is 0.224. The minimum absolute atomic E-state index is 0.0836. The molecule has 0 aliphatic carbocycles. The van der Waals surface area contributed by atoms with Crippen molar-refractivity contribution in [3.63, 3.8) is 0 Å². The summed E-state index contributed by atoms with van der Waals surface area (Å²) in [6.07, 6.45) is 1.52. The van der Waals surface area contributed by atoms with Crippen LogP contribution in [0.4, 0.5) is 0 Å². The average molecular weight is 230 g/mol. The number of hydrogen-bond donors (Lipinski definition) is 3. The van der Waals surface area contributed by atoms with Crippen molar-refractivity contribution in [3.05, 3.63) is 0 Å². The van der Waals surface area contributed by atoms with Crippen molar-refractivity contribution in [1.82, 2.24) is 10.6 Å². The minimum atomic E-state index is -0.834. The van der Waals surface area contributed by atoms with Crippen LogP contribution in [0.2, 0.25) is 0 Å². The third-order valence-electron chi connectivity index (χ3n) is 2.42. The number of nitrogens with one attached hydrogen (secondary N) is 2. The largest absolute Gasteiger partial charge is 0.481 e. The first kappa shape index (κ1) is 14.9. The van der Waals surface area contributed by atoms with Crippen LogP contribution in [-0.4, -0.2) is 35.6 Å². The van der Waals surface area contributed by atoms with Gasteiger partial charge in [0.15, 0.2) is 0 Å². The van der Waals surface area contributed by atoms with Crippen LogP contribution in [0.1, 0.15) is 40.0 Å². The Balaban J connectivity index is 3.65. The molecule has 2 unspecified atom stereocenters. The molecule has 0 saturated heterocycles. The summed E-state index contributed by atoms with van der Waals surface area (Å²) in [5.74, 6) is -0.919. The highest BCUT2D eigenvalue weighted by Gasteiger charge is 2.09. The SMILES string of the molecule is CCC(C)NCC(=O)NC(C)CCC(=O)O. The molecule has 0 radical (unpaired) electrons. The van der Waals surface area contributed by atoms with E-state index < -0.39 is 5.97 Å². The van der Waals surface area contributed by atoms with Crippen LogP contribution in [0.5, 0.6) is 0 Å². The molecule has 0 aliphatic rings. The molecule has 3 N–H and O–H groups in total. The van der Waals surface area contributed by atoms with Gasteiger partial charge in [0, 0.05) is 18.5 Å². The molecule has 0 aromatic heterocycles. The summed E-state index contributed by atoms with van der Waals surface area (Å²) < 4.78 is 0. The Morgan fingerprint density at radius 3 is 2.38 bits per heavy atom. The predicted octanol–water partition coefficient (Wildman–Crippen LogP) is 0.744. The number of carboxylic acids is 1. The van der Waals surface area contributed by atoms with Gasteiger partial charge in [-0.2, -0.15) is 0 Å². The van der Waals surface area contributed by atoms with Crippen LogP contribution in [-0.2, 0) is 9.59 Å². The maximum Gasteiger partial charge on any atom is 0.303 e. The monoisotopic (exact) mass is 230 g/mol. The first-order valence-electron chi connectivity index (χ1n) is 5.70. The van der Waals surface area contributed by atoms with E-state index in [0.29, 0.717) is 12.5 Å². The lowest BCUT2D eigenvalue weighted by atomic mass is 10.2. The van der Waals surface area contributed by atoms with Gasteiger partial charge in [0.25, 0.3) is 0 Å². The van der Waals surface area contributed by atoms with Crippen molar-refractivity contribution in [2.45, 2.75) is 52.1 Å². The number of rotatable bonds is 8. The Labute approximate surface area is 96.6 Å². The molecule has 0 rings (SSSR count). The number of carboxylic acid groups (broad SMARTS) is 1. The summed E-state index contributed by atoms with van der Waals surface area (Å²) >= 11 is 0. The van der Waals surface area contributed by atoms with E-state index >= 15 is 0 Å². The van der Waals surface area contributed by atoms with E-state index in [1.54, 1.807) is 0 Å². The molecule has 5 nitrogen and oxygen atoms in total. The van der Waals surface area contributed by atoms with E-state index in [4.69, 9.17) is 5.11 Å². The average Bonchev–Trinajstić information content (AvgIpc) is 2.23. The molecule has 0 fully saturated rings. The predicted molar refractivity (Wildman–Crippen MR) is 62.2 cm³/mol. The van der Waals surface area contributed by atoms with Crippen LogP contribution >= 0.6 is 0 Å². The number of carbonyl (C=O) groups is 2. The lowest BCUT2D eigenvalue weighted by molar-refractivity contribution is -0.137. The second-order valence-electron chi connectivity index (χ2n) is 4.09. The normalized spacial score (nSPS) is 14.2. The van der Waals surface area contributed by atoms with E-state index in [1.165, 1.54) is 0 Å². The third-order valence-corrected chi connectivity index (χ3v) is 2.42. The second kappa shape index (κ2) is 8.10. The Morgan fingerprint density at radius 1 is 1.25 bits per heavy atom. The van der Waals surface area contributed by atoms with Crippen molar-refractivity contribution < 1.29 is 14.7 Å². The Kier molecular flexibility index (Phi) is 7.54. The van der Waals surface area contributed by atoms with Gasteiger partial charge in [-0.3, -0.25) is 9.59 Å². The maximum absolute atomic E-state index is 11.4. The number of hydrogen-bond acceptors (Lipinski definition) is 3. The number of amides is 1. The van der Waals surface area contributed by atoms with Gasteiger partial charge in [-0.25, -0.2) is 0 Å². The highest BCUT2D eigenvalue weighted by Crippen LogP contribution is 1.96. The van der Waals surface area contributed by atoms with Gasteiger partial charge in [0.1, 0.15) is 0 Å². The molecule has 0 saturated carbocycles. The summed E-state index contributed by atoms with van der Waals surface area (Å²) in [7, 11) is 0. The van der Waals surface area contributed by atoms with Crippen LogP contribution in [0.15, 0.2) is 0 Å². The van der Waals surface area contributed by atoms with E-state index in [2.05, 4.69) is 10.6 Å². The molecule has 94 valence electrons. The molecule has 0 bridgehead atoms. The standard InChI is InChI=1S/C11H22N2O3/c1-4-8(2)12-7-10(14)13-9(3)5-6-11(15)16/h8-9,12H,4-7H2,1-3H3,(H,13,14)(H,15,16). The summed E-state index contributed by atoms with van der Waals surface area (Å²) in [5, 5.41) is 14.3. The quantitative estimate of drug-likeness (QED) is 0.575. The molecule has 0 aliphatic heterocycles. The van der Waals surface area contributed by atoms with Crippen molar-refractivity contribution in [1.29, 1.82) is 0 Å². The fourth-order valence-electron chi connectivity index (χ4n) is 1.15. The lowest BCUT2D eigenvalue weighted by Crippen LogP contribution is -2.41. The molecule has 0 aromatic rings. The maximum atomic E-state index is 11.4. The van der Waals surface area contributed by atoms with Crippen LogP contribution in [0, 0.1) is 0 Å². The zero-order valence-corrected chi connectivity index (χ0v) is 10.2. The molecular weight excluding hydrogens is 208 g/mol.